The van der Waals surface area contributed by atoms with E-state index >= 15 is 0 Å². The van der Waals surface area contributed by atoms with Crippen molar-refractivity contribution in [2.75, 3.05) is 26.3 Å². The molecular formula is C15H23NO2. The maximum Gasteiger partial charge on any atom is 0.0558 e. The summed E-state index contributed by atoms with van der Waals surface area (Å²) in [5, 5.41) is 18.2. The number of benzene rings is 1. The predicted molar refractivity (Wildman–Crippen MR) is 72.5 cm³/mol. The molecule has 0 heterocycles. The Bertz CT molecular complexity index is 367. The minimum atomic E-state index is 0.185. The van der Waals surface area contributed by atoms with Gasteiger partial charge in [0.2, 0.25) is 0 Å². The smallest absolute Gasteiger partial charge is 0.0558 e. The second-order valence-corrected chi connectivity index (χ2v) is 4.94. The highest BCUT2D eigenvalue weighted by Gasteiger charge is 2.24. The Labute approximate surface area is 109 Å². The van der Waals surface area contributed by atoms with Gasteiger partial charge in [0.1, 0.15) is 0 Å². The minimum Gasteiger partial charge on any atom is -0.396 e. The summed E-state index contributed by atoms with van der Waals surface area (Å²) in [6.45, 7) is 1.95. The Morgan fingerprint density at radius 3 is 2.72 bits per heavy atom. The van der Waals surface area contributed by atoms with E-state index in [4.69, 9.17) is 5.11 Å². The molecule has 0 saturated heterocycles. The molecule has 0 bridgehead atoms. The molecular weight excluding hydrogens is 226 g/mol. The van der Waals surface area contributed by atoms with Crippen LogP contribution in [0.15, 0.2) is 24.3 Å². The van der Waals surface area contributed by atoms with Crippen LogP contribution in [0.5, 0.6) is 0 Å². The van der Waals surface area contributed by atoms with Gasteiger partial charge in [0.25, 0.3) is 0 Å². The van der Waals surface area contributed by atoms with Gasteiger partial charge < -0.3 is 10.2 Å². The Kier molecular flexibility index (Phi) is 5.17. The fourth-order valence-corrected chi connectivity index (χ4v) is 2.93. The van der Waals surface area contributed by atoms with Crippen molar-refractivity contribution in [1.82, 2.24) is 4.90 Å². The first-order valence-corrected chi connectivity index (χ1v) is 6.90. The summed E-state index contributed by atoms with van der Waals surface area (Å²) in [6, 6.07) is 9.03. The van der Waals surface area contributed by atoms with Crippen molar-refractivity contribution < 1.29 is 10.2 Å². The molecule has 1 aromatic rings. The molecule has 0 aromatic heterocycles. The molecule has 1 aliphatic rings. The van der Waals surface area contributed by atoms with Crippen molar-refractivity contribution in [2.45, 2.75) is 31.7 Å². The monoisotopic (exact) mass is 249 g/mol. The number of hydrogen-bond donors (Lipinski definition) is 2. The van der Waals surface area contributed by atoms with E-state index in [1.165, 1.54) is 24.0 Å². The Hall–Kier alpha value is -0.900. The van der Waals surface area contributed by atoms with Crippen LogP contribution >= 0.6 is 0 Å². The molecule has 0 saturated carbocycles. The van der Waals surface area contributed by atoms with Crippen LogP contribution < -0.4 is 0 Å². The topological polar surface area (TPSA) is 43.7 Å². The first-order chi connectivity index (χ1) is 8.86. The summed E-state index contributed by atoms with van der Waals surface area (Å²) in [5.41, 5.74) is 2.86. The van der Waals surface area contributed by atoms with Crippen LogP contribution in [0.4, 0.5) is 0 Å². The molecule has 2 N–H and O–H groups in total. The van der Waals surface area contributed by atoms with Crippen LogP contribution in [0, 0.1) is 0 Å². The highest BCUT2D eigenvalue weighted by Crippen LogP contribution is 2.33. The highest BCUT2D eigenvalue weighted by atomic mass is 16.3. The summed E-state index contributed by atoms with van der Waals surface area (Å²) < 4.78 is 0. The third kappa shape index (κ3) is 3.10. The van der Waals surface area contributed by atoms with Crippen LogP contribution in [-0.2, 0) is 6.42 Å². The lowest BCUT2D eigenvalue weighted by Gasteiger charge is -2.35. The molecule has 1 unspecified atom stereocenters. The quantitative estimate of drug-likeness (QED) is 0.807. The minimum absolute atomic E-state index is 0.185. The molecule has 3 heteroatoms. The lowest BCUT2D eigenvalue weighted by Crippen LogP contribution is -2.34. The summed E-state index contributed by atoms with van der Waals surface area (Å²) in [6.07, 6.45) is 4.31. The summed E-state index contributed by atoms with van der Waals surface area (Å²) in [5.74, 6) is 0. The van der Waals surface area contributed by atoms with Crippen molar-refractivity contribution in [3.63, 3.8) is 0 Å². The van der Waals surface area contributed by atoms with Gasteiger partial charge >= 0.3 is 0 Å². The lowest BCUT2D eigenvalue weighted by atomic mass is 9.86. The molecule has 1 aliphatic carbocycles. The van der Waals surface area contributed by atoms with Crippen LogP contribution in [0.25, 0.3) is 0 Å². The van der Waals surface area contributed by atoms with Gasteiger partial charge in [-0.05, 0) is 36.8 Å². The molecule has 0 radical (unpaired) electrons. The van der Waals surface area contributed by atoms with Crippen molar-refractivity contribution in [3.8, 4) is 0 Å². The summed E-state index contributed by atoms with van der Waals surface area (Å²) >= 11 is 0. The van der Waals surface area contributed by atoms with Gasteiger partial charge in [0, 0.05) is 25.7 Å². The van der Waals surface area contributed by atoms with Crippen molar-refractivity contribution >= 4 is 0 Å². The molecule has 1 aromatic carbocycles. The molecule has 100 valence electrons. The largest absolute Gasteiger partial charge is 0.396 e. The third-order valence-electron chi connectivity index (χ3n) is 3.77. The number of fused-ring (bicyclic) bond motifs is 1. The van der Waals surface area contributed by atoms with Crippen LogP contribution in [0.3, 0.4) is 0 Å². The molecule has 0 amide bonds. The molecule has 1 atom stereocenters. The zero-order valence-electron chi connectivity index (χ0n) is 10.9. The maximum absolute atomic E-state index is 9.21. The van der Waals surface area contributed by atoms with Gasteiger partial charge in [-0.2, -0.15) is 0 Å². The first-order valence-electron chi connectivity index (χ1n) is 6.90. The van der Waals surface area contributed by atoms with Gasteiger partial charge in [0.15, 0.2) is 0 Å². The number of nitrogens with zero attached hydrogens (tertiary/aromatic N) is 1. The fraction of sp³-hybridized carbons (Fsp3) is 0.600. The van der Waals surface area contributed by atoms with E-state index < -0.39 is 0 Å². The third-order valence-corrected chi connectivity index (χ3v) is 3.77. The van der Waals surface area contributed by atoms with E-state index in [2.05, 4.69) is 29.2 Å². The number of rotatable bonds is 6. The fourth-order valence-electron chi connectivity index (χ4n) is 2.93. The predicted octanol–water partition coefficient (Wildman–Crippen LogP) is 1.74. The average molecular weight is 249 g/mol. The van der Waals surface area contributed by atoms with Crippen molar-refractivity contribution in [3.05, 3.63) is 35.4 Å². The zero-order valence-corrected chi connectivity index (χ0v) is 10.9. The molecule has 0 aliphatic heterocycles. The maximum atomic E-state index is 9.21. The molecule has 3 nitrogen and oxygen atoms in total. The standard InChI is InChI=1S/C15H23NO2/c17-11-4-9-16(10-12-18)15-8-3-6-13-5-1-2-7-14(13)15/h1-2,5,7,15,17-18H,3-4,6,8-12H2. The molecule has 0 spiro atoms. The van der Waals surface area contributed by atoms with E-state index in [1.54, 1.807) is 0 Å². The number of aliphatic hydroxyl groups is 2. The van der Waals surface area contributed by atoms with Crippen LogP contribution in [0.1, 0.15) is 36.4 Å². The average Bonchev–Trinajstić information content (AvgIpc) is 2.43. The van der Waals surface area contributed by atoms with E-state index in [-0.39, 0.29) is 13.2 Å². The normalized spacial score (nSPS) is 18.9. The van der Waals surface area contributed by atoms with Crippen molar-refractivity contribution in [2.24, 2.45) is 0 Å². The van der Waals surface area contributed by atoms with Crippen LogP contribution in [0.2, 0.25) is 0 Å². The van der Waals surface area contributed by atoms with E-state index in [0.29, 0.717) is 12.6 Å². The zero-order chi connectivity index (χ0) is 12.8. The lowest BCUT2D eigenvalue weighted by molar-refractivity contribution is 0.127. The second-order valence-electron chi connectivity index (χ2n) is 4.94. The van der Waals surface area contributed by atoms with E-state index in [0.717, 1.165) is 19.4 Å². The van der Waals surface area contributed by atoms with E-state index in [9.17, 15) is 5.11 Å². The van der Waals surface area contributed by atoms with Gasteiger partial charge in [0.05, 0.1) is 6.61 Å². The van der Waals surface area contributed by atoms with Gasteiger partial charge in [-0.1, -0.05) is 24.3 Å². The Morgan fingerprint density at radius 2 is 1.94 bits per heavy atom. The molecule has 0 fully saturated rings. The number of aryl methyl sites for hydroxylation is 1. The SMILES string of the molecule is OCCCN(CCO)C1CCCc2ccccc21. The van der Waals surface area contributed by atoms with Crippen LogP contribution in [-0.4, -0.2) is 41.4 Å². The second kappa shape index (κ2) is 6.88. The number of hydrogen-bond acceptors (Lipinski definition) is 3. The summed E-state index contributed by atoms with van der Waals surface area (Å²) in [7, 11) is 0. The van der Waals surface area contributed by atoms with Gasteiger partial charge in [-0.3, -0.25) is 4.90 Å². The highest BCUT2D eigenvalue weighted by molar-refractivity contribution is 5.32. The number of aliphatic hydroxyl groups excluding tert-OH is 2. The van der Waals surface area contributed by atoms with Crippen molar-refractivity contribution in [1.29, 1.82) is 0 Å². The van der Waals surface area contributed by atoms with E-state index in [1.807, 2.05) is 0 Å². The van der Waals surface area contributed by atoms with Gasteiger partial charge in [-0.25, -0.2) is 0 Å². The summed E-state index contributed by atoms with van der Waals surface area (Å²) in [4.78, 5) is 2.31. The first kappa shape index (κ1) is 13.5. The Morgan fingerprint density at radius 1 is 1.11 bits per heavy atom. The van der Waals surface area contributed by atoms with Gasteiger partial charge in [-0.15, -0.1) is 0 Å². The Balaban J connectivity index is 2.15. The molecule has 2 rings (SSSR count). The molecule has 18 heavy (non-hydrogen) atoms.